The van der Waals surface area contributed by atoms with Gasteiger partial charge in [0, 0.05) is 5.19 Å². The molecule has 0 heterocycles. The van der Waals surface area contributed by atoms with Crippen molar-refractivity contribution in [1.82, 2.24) is 0 Å². The number of aromatic hydroxyl groups is 1. The summed E-state index contributed by atoms with van der Waals surface area (Å²) in [6.45, 7) is 6.17. The summed E-state index contributed by atoms with van der Waals surface area (Å²) in [7, 11) is -0.392. The Morgan fingerprint density at radius 1 is 1.12 bits per heavy atom. The topological polar surface area (TPSA) is 40.5 Å². The molecule has 2 aromatic carbocycles. The van der Waals surface area contributed by atoms with Gasteiger partial charge in [0.2, 0.25) is 0 Å². The van der Waals surface area contributed by atoms with E-state index in [2.05, 4.69) is 20.8 Å². The average Bonchev–Trinajstić information content (AvgIpc) is 2.27. The van der Waals surface area contributed by atoms with E-state index < -0.39 is 9.76 Å². The molecule has 0 amide bonds. The molecule has 2 radical (unpaired) electrons. The molecular weight excluding hydrogens is 228 g/mol. The van der Waals surface area contributed by atoms with Crippen LogP contribution in [0, 0.1) is 0 Å². The van der Waals surface area contributed by atoms with Gasteiger partial charge in [-0.15, -0.1) is 0 Å². The Hall–Kier alpha value is -1.32. The van der Waals surface area contributed by atoms with Crippen molar-refractivity contribution in [3.63, 3.8) is 0 Å². The molecular formula is C14H16O2Si. The van der Waals surface area contributed by atoms with Crippen LogP contribution >= 0.6 is 0 Å². The van der Waals surface area contributed by atoms with E-state index in [1.165, 1.54) is 0 Å². The van der Waals surface area contributed by atoms with Crippen LogP contribution in [0.5, 0.6) is 5.75 Å². The zero-order valence-corrected chi connectivity index (χ0v) is 11.3. The van der Waals surface area contributed by atoms with Crippen molar-refractivity contribution in [2.24, 2.45) is 0 Å². The minimum atomic E-state index is -0.392. The first-order chi connectivity index (χ1) is 7.95. The summed E-state index contributed by atoms with van der Waals surface area (Å²) >= 11 is 0. The van der Waals surface area contributed by atoms with Gasteiger partial charge in [0.1, 0.15) is 5.75 Å². The van der Waals surface area contributed by atoms with Gasteiger partial charge >= 0.3 is 0 Å². The average molecular weight is 244 g/mol. The Morgan fingerprint density at radius 3 is 2.35 bits per heavy atom. The fourth-order valence-corrected chi connectivity index (χ4v) is 2.61. The maximum atomic E-state index is 10.3. The molecule has 0 saturated heterocycles. The van der Waals surface area contributed by atoms with Gasteiger partial charge in [-0.05, 0) is 27.8 Å². The lowest BCUT2D eigenvalue weighted by Crippen LogP contribution is -2.21. The van der Waals surface area contributed by atoms with E-state index in [4.69, 9.17) is 0 Å². The van der Waals surface area contributed by atoms with Gasteiger partial charge in [-0.3, -0.25) is 0 Å². The zero-order chi connectivity index (χ0) is 12.6. The third-order valence-corrected chi connectivity index (χ3v) is 3.67. The van der Waals surface area contributed by atoms with Crippen molar-refractivity contribution < 1.29 is 9.90 Å². The number of fused-ring (bicyclic) bond motifs is 1. The number of hydrogen-bond donors (Lipinski definition) is 2. The predicted octanol–water partition coefficient (Wildman–Crippen LogP) is 2.08. The third kappa shape index (κ3) is 2.08. The molecule has 0 fully saturated rings. The van der Waals surface area contributed by atoms with E-state index in [1.54, 1.807) is 0 Å². The normalized spacial score (nSPS) is 12.0. The first-order valence-electron chi connectivity index (χ1n) is 5.60. The Kier molecular flexibility index (Phi) is 2.97. The van der Waals surface area contributed by atoms with Crippen LogP contribution in [-0.2, 0) is 5.41 Å². The smallest absolute Gasteiger partial charge is 0.270 e. The summed E-state index contributed by atoms with van der Waals surface area (Å²) < 4.78 is 0. The number of phenols is 1. The van der Waals surface area contributed by atoms with Gasteiger partial charge in [0.05, 0.1) is 0 Å². The van der Waals surface area contributed by atoms with Gasteiger partial charge in [0.25, 0.3) is 9.76 Å². The van der Waals surface area contributed by atoms with Crippen molar-refractivity contribution >= 4 is 25.7 Å². The summed E-state index contributed by atoms with van der Waals surface area (Å²) in [6.07, 6.45) is 0. The molecule has 0 aliphatic heterocycles. The first kappa shape index (κ1) is 12.1. The van der Waals surface area contributed by atoms with Crippen LogP contribution in [0.1, 0.15) is 26.3 Å². The van der Waals surface area contributed by atoms with E-state index in [0.717, 1.165) is 16.3 Å². The molecule has 0 atom stereocenters. The van der Waals surface area contributed by atoms with Crippen molar-refractivity contribution in [2.45, 2.75) is 26.2 Å². The number of hydrogen-bond acceptors (Lipinski definition) is 2. The van der Waals surface area contributed by atoms with Crippen LogP contribution in [0.2, 0.25) is 0 Å². The fourth-order valence-electron chi connectivity index (χ4n) is 2.02. The minimum Gasteiger partial charge on any atom is -0.508 e. The Bertz CT molecular complexity index is 556. The molecule has 0 aliphatic carbocycles. The van der Waals surface area contributed by atoms with Gasteiger partial charge in [-0.2, -0.15) is 0 Å². The second-order valence-corrected chi connectivity index (χ2v) is 5.95. The monoisotopic (exact) mass is 244 g/mol. The largest absolute Gasteiger partial charge is 0.508 e. The van der Waals surface area contributed by atoms with Crippen LogP contribution in [0.3, 0.4) is 0 Å². The molecule has 2 aromatic rings. The second kappa shape index (κ2) is 4.16. The van der Waals surface area contributed by atoms with Gasteiger partial charge in [0.15, 0.2) is 0 Å². The molecule has 2 rings (SSSR count). The number of benzene rings is 2. The molecule has 0 aliphatic rings. The summed E-state index contributed by atoms with van der Waals surface area (Å²) in [4.78, 5) is 9.47. The SMILES string of the molecule is CC(C)(C)c1cc2ccccc2c([Si]O)c1O. The van der Waals surface area contributed by atoms with Gasteiger partial charge in [-0.1, -0.05) is 45.0 Å². The van der Waals surface area contributed by atoms with Gasteiger partial charge in [-0.25, -0.2) is 0 Å². The molecule has 2 N–H and O–H groups in total. The van der Waals surface area contributed by atoms with E-state index >= 15 is 0 Å². The zero-order valence-electron chi connectivity index (χ0n) is 10.3. The molecule has 0 aromatic heterocycles. The molecule has 3 heteroatoms. The third-order valence-electron chi connectivity index (χ3n) is 2.94. The van der Waals surface area contributed by atoms with Crippen LogP contribution < -0.4 is 5.19 Å². The van der Waals surface area contributed by atoms with Crippen molar-refractivity contribution in [3.05, 3.63) is 35.9 Å². The molecule has 0 spiro atoms. The highest BCUT2D eigenvalue weighted by Gasteiger charge is 2.22. The Morgan fingerprint density at radius 2 is 1.76 bits per heavy atom. The van der Waals surface area contributed by atoms with E-state index in [0.29, 0.717) is 5.19 Å². The van der Waals surface area contributed by atoms with Crippen molar-refractivity contribution in [1.29, 1.82) is 0 Å². The molecule has 88 valence electrons. The lowest BCUT2D eigenvalue weighted by Gasteiger charge is -2.22. The van der Waals surface area contributed by atoms with Crippen LogP contribution in [0.15, 0.2) is 30.3 Å². The summed E-state index contributed by atoms with van der Waals surface area (Å²) in [5.41, 5.74) is 0.746. The Labute approximate surface area is 104 Å². The molecule has 0 unspecified atom stereocenters. The number of rotatable bonds is 1. The van der Waals surface area contributed by atoms with Gasteiger partial charge < -0.3 is 9.90 Å². The van der Waals surface area contributed by atoms with E-state index in [1.807, 2.05) is 30.3 Å². The lowest BCUT2D eigenvalue weighted by molar-refractivity contribution is 0.450. The standard InChI is InChI=1S/C14H16O2Si/c1-14(2,3)11-8-9-6-4-5-7-10(9)13(17-16)12(11)15/h4-8,15-16H,1-3H3. The summed E-state index contributed by atoms with van der Waals surface area (Å²) in [5.74, 6) is 0.233. The molecule has 0 saturated carbocycles. The van der Waals surface area contributed by atoms with Crippen molar-refractivity contribution in [3.8, 4) is 5.75 Å². The highest BCUT2D eigenvalue weighted by atomic mass is 28.2. The number of phenolic OH excluding ortho intramolecular Hbond substituents is 1. The minimum absolute atomic E-state index is 0.136. The highest BCUT2D eigenvalue weighted by molar-refractivity contribution is 6.51. The van der Waals surface area contributed by atoms with Crippen molar-refractivity contribution in [2.75, 3.05) is 0 Å². The maximum absolute atomic E-state index is 10.3. The summed E-state index contributed by atoms with van der Waals surface area (Å²) in [5, 5.41) is 12.9. The van der Waals surface area contributed by atoms with E-state index in [9.17, 15) is 9.90 Å². The van der Waals surface area contributed by atoms with Crippen LogP contribution in [-0.4, -0.2) is 19.7 Å². The molecule has 17 heavy (non-hydrogen) atoms. The van der Waals surface area contributed by atoms with E-state index in [-0.39, 0.29) is 11.2 Å². The quantitative estimate of drug-likeness (QED) is 0.754. The predicted molar refractivity (Wildman–Crippen MR) is 71.9 cm³/mol. The lowest BCUT2D eigenvalue weighted by atomic mass is 9.85. The first-order valence-corrected chi connectivity index (χ1v) is 6.55. The highest BCUT2D eigenvalue weighted by Crippen LogP contribution is 2.32. The fraction of sp³-hybridized carbons (Fsp3) is 0.286. The second-order valence-electron chi connectivity index (χ2n) is 5.23. The maximum Gasteiger partial charge on any atom is 0.270 e. The van der Waals surface area contributed by atoms with Crippen LogP contribution in [0.4, 0.5) is 0 Å². The molecule has 2 nitrogen and oxygen atoms in total. The van der Waals surface area contributed by atoms with Crippen LogP contribution in [0.25, 0.3) is 10.8 Å². The molecule has 0 bridgehead atoms. The Balaban J connectivity index is 2.85. The summed E-state index contributed by atoms with van der Waals surface area (Å²) in [6, 6.07) is 9.83.